The molecule has 1 rings (SSSR count). The summed E-state index contributed by atoms with van der Waals surface area (Å²) in [4.78, 5) is 0. The zero-order valence-corrected chi connectivity index (χ0v) is 8.46. The largest absolute Gasteiger partial charge is 0.330 e. The van der Waals surface area contributed by atoms with E-state index in [-0.39, 0.29) is 0 Å². The summed E-state index contributed by atoms with van der Waals surface area (Å²) >= 11 is 0. The van der Waals surface area contributed by atoms with E-state index >= 15 is 0 Å². The van der Waals surface area contributed by atoms with Gasteiger partial charge in [-0.05, 0) is 31.7 Å². The summed E-state index contributed by atoms with van der Waals surface area (Å²) in [6.07, 6.45) is 2.75. The van der Waals surface area contributed by atoms with Crippen LogP contribution in [0.4, 0.5) is 0 Å². The Morgan fingerprint density at radius 1 is 1.31 bits per heavy atom. The molecule has 0 aromatic carbocycles. The summed E-state index contributed by atoms with van der Waals surface area (Å²) in [6, 6.07) is 0. The predicted octanol–water partition coefficient (Wildman–Crippen LogP) is -0.749. The Labute approximate surface area is 79.3 Å². The molecule has 0 aromatic heterocycles. The monoisotopic (exact) mass is 207 g/mol. The maximum atomic E-state index is 10.9. The third kappa shape index (κ3) is 3.22. The van der Waals surface area contributed by atoms with Crippen molar-refractivity contribution in [1.82, 2.24) is 4.31 Å². The summed E-state index contributed by atoms with van der Waals surface area (Å²) in [5.41, 5.74) is 5.42. The molecule has 13 heavy (non-hydrogen) atoms. The molecule has 1 saturated heterocycles. The lowest BCUT2D eigenvalue weighted by Gasteiger charge is -2.29. The van der Waals surface area contributed by atoms with Crippen LogP contribution in [0.25, 0.3) is 0 Å². The quantitative estimate of drug-likeness (QED) is 0.638. The van der Waals surface area contributed by atoms with Crippen LogP contribution in [0.1, 0.15) is 19.3 Å². The van der Waals surface area contributed by atoms with Crippen LogP contribution in [-0.2, 0) is 10.2 Å². The summed E-state index contributed by atoms with van der Waals surface area (Å²) in [5.74, 6) is 0.572. The van der Waals surface area contributed by atoms with Crippen molar-refractivity contribution >= 4 is 10.2 Å². The first-order valence-corrected chi connectivity index (χ1v) is 6.02. The zero-order valence-electron chi connectivity index (χ0n) is 7.65. The van der Waals surface area contributed by atoms with Crippen molar-refractivity contribution < 1.29 is 8.42 Å². The summed E-state index contributed by atoms with van der Waals surface area (Å²) < 4.78 is 23.2. The van der Waals surface area contributed by atoms with Crippen LogP contribution in [-0.4, -0.2) is 32.4 Å². The first-order valence-electron chi connectivity index (χ1n) is 4.52. The van der Waals surface area contributed by atoms with Crippen molar-refractivity contribution in [2.75, 3.05) is 19.6 Å². The van der Waals surface area contributed by atoms with E-state index < -0.39 is 10.2 Å². The fraction of sp³-hybridized carbons (Fsp3) is 1.00. The second-order valence-electron chi connectivity index (χ2n) is 3.46. The maximum absolute atomic E-state index is 10.9. The minimum absolute atomic E-state index is 0.545. The Hall–Kier alpha value is -0.170. The van der Waals surface area contributed by atoms with E-state index in [1.807, 2.05) is 0 Å². The molecule has 0 saturated carbocycles. The molecule has 0 atom stereocenters. The number of rotatable bonds is 3. The Morgan fingerprint density at radius 2 is 1.85 bits per heavy atom. The molecule has 1 heterocycles. The van der Waals surface area contributed by atoms with Gasteiger partial charge in [0.1, 0.15) is 0 Å². The van der Waals surface area contributed by atoms with E-state index in [0.29, 0.717) is 25.6 Å². The molecule has 0 unspecified atom stereocenters. The third-order valence-corrected chi connectivity index (χ3v) is 3.59. The number of piperidine rings is 1. The van der Waals surface area contributed by atoms with E-state index in [4.69, 9.17) is 10.9 Å². The van der Waals surface area contributed by atoms with E-state index in [0.717, 1.165) is 19.3 Å². The van der Waals surface area contributed by atoms with Crippen molar-refractivity contribution in [3.05, 3.63) is 0 Å². The Balaban J connectivity index is 2.39. The molecule has 5 nitrogen and oxygen atoms in total. The highest BCUT2D eigenvalue weighted by Gasteiger charge is 2.24. The van der Waals surface area contributed by atoms with Crippen LogP contribution in [0, 0.1) is 5.92 Å². The molecule has 4 N–H and O–H groups in total. The first kappa shape index (κ1) is 10.9. The lowest BCUT2D eigenvalue weighted by atomic mass is 9.95. The molecule has 0 aromatic rings. The van der Waals surface area contributed by atoms with E-state index in [1.54, 1.807) is 0 Å². The number of hydrogen-bond donors (Lipinski definition) is 2. The molecule has 0 aliphatic carbocycles. The van der Waals surface area contributed by atoms with E-state index in [9.17, 15) is 8.42 Å². The molecular weight excluding hydrogens is 190 g/mol. The van der Waals surface area contributed by atoms with E-state index in [2.05, 4.69) is 0 Å². The second-order valence-corrected chi connectivity index (χ2v) is 5.01. The van der Waals surface area contributed by atoms with Gasteiger partial charge in [0, 0.05) is 13.1 Å². The summed E-state index contributed by atoms with van der Waals surface area (Å²) in [5, 5.41) is 5.00. The number of nitrogens with two attached hydrogens (primary N) is 2. The Bertz CT molecular complexity index is 244. The standard InChI is InChI=1S/C7H17N3O2S/c8-4-1-7-2-5-10(6-3-7)13(9,11)12/h7H,1-6,8H2,(H2,9,11,12). The molecule has 1 aliphatic rings. The number of nitrogens with zero attached hydrogens (tertiary/aromatic N) is 1. The van der Waals surface area contributed by atoms with E-state index in [1.165, 1.54) is 4.31 Å². The molecule has 6 heteroatoms. The van der Waals surface area contributed by atoms with Crippen LogP contribution in [0.15, 0.2) is 0 Å². The summed E-state index contributed by atoms with van der Waals surface area (Å²) in [6.45, 7) is 1.77. The predicted molar refractivity (Wildman–Crippen MR) is 51.1 cm³/mol. The van der Waals surface area contributed by atoms with Gasteiger partial charge in [0.15, 0.2) is 0 Å². The topological polar surface area (TPSA) is 89.4 Å². The van der Waals surface area contributed by atoms with Crippen LogP contribution in [0.3, 0.4) is 0 Å². The zero-order chi connectivity index (χ0) is 9.90. The second kappa shape index (κ2) is 4.36. The smallest absolute Gasteiger partial charge is 0.276 e. The van der Waals surface area contributed by atoms with Crippen molar-refractivity contribution in [2.45, 2.75) is 19.3 Å². The molecule has 0 spiro atoms. The molecule has 0 amide bonds. The van der Waals surface area contributed by atoms with Crippen LogP contribution < -0.4 is 10.9 Å². The Kier molecular flexibility index (Phi) is 3.66. The van der Waals surface area contributed by atoms with Crippen LogP contribution in [0.2, 0.25) is 0 Å². The van der Waals surface area contributed by atoms with Crippen LogP contribution in [0.5, 0.6) is 0 Å². The SMILES string of the molecule is NCCC1CCN(S(N)(=O)=O)CC1. The van der Waals surface area contributed by atoms with Gasteiger partial charge in [-0.15, -0.1) is 0 Å². The molecule has 78 valence electrons. The van der Waals surface area contributed by atoms with Gasteiger partial charge in [-0.25, -0.2) is 5.14 Å². The van der Waals surface area contributed by atoms with Gasteiger partial charge in [0.25, 0.3) is 10.2 Å². The average Bonchev–Trinajstić information content (AvgIpc) is 2.04. The highest BCUT2D eigenvalue weighted by atomic mass is 32.2. The molecule has 0 bridgehead atoms. The van der Waals surface area contributed by atoms with Crippen molar-refractivity contribution in [3.8, 4) is 0 Å². The normalized spacial score (nSPS) is 22.0. The van der Waals surface area contributed by atoms with Gasteiger partial charge >= 0.3 is 0 Å². The molecule has 1 fully saturated rings. The molecular formula is C7H17N3O2S. The highest BCUT2D eigenvalue weighted by Crippen LogP contribution is 2.20. The fourth-order valence-electron chi connectivity index (χ4n) is 1.69. The molecule has 1 aliphatic heterocycles. The van der Waals surface area contributed by atoms with Gasteiger partial charge in [-0.3, -0.25) is 0 Å². The van der Waals surface area contributed by atoms with Crippen LogP contribution >= 0.6 is 0 Å². The lowest BCUT2D eigenvalue weighted by Crippen LogP contribution is -2.42. The van der Waals surface area contributed by atoms with Crippen molar-refractivity contribution in [3.63, 3.8) is 0 Å². The first-order chi connectivity index (χ1) is 6.04. The molecule has 0 radical (unpaired) electrons. The van der Waals surface area contributed by atoms with Crippen molar-refractivity contribution in [2.24, 2.45) is 16.8 Å². The van der Waals surface area contributed by atoms with Gasteiger partial charge in [-0.2, -0.15) is 12.7 Å². The maximum Gasteiger partial charge on any atom is 0.276 e. The summed E-state index contributed by atoms with van der Waals surface area (Å²) in [7, 11) is -3.46. The minimum atomic E-state index is -3.46. The lowest BCUT2D eigenvalue weighted by molar-refractivity contribution is 0.266. The van der Waals surface area contributed by atoms with Crippen molar-refractivity contribution in [1.29, 1.82) is 0 Å². The number of hydrogen-bond acceptors (Lipinski definition) is 3. The highest BCUT2D eigenvalue weighted by molar-refractivity contribution is 7.86. The average molecular weight is 207 g/mol. The van der Waals surface area contributed by atoms with Gasteiger partial charge in [0.2, 0.25) is 0 Å². The van der Waals surface area contributed by atoms with Gasteiger partial charge in [0.05, 0.1) is 0 Å². The fourth-order valence-corrected chi connectivity index (χ4v) is 2.41. The van der Waals surface area contributed by atoms with Gasteiger partial charge in [-0.1, -0.05) is 0 Å². The minimum Gasteiger partial charge on any atom is -0.330 e. The Morgan fingerprint density at radius 3 is 2.23 bits per heavy atom. The van der Waals surface area contributed by atoms with Gasteiger partial charge < -0.3 is 5.73 Å². The third-order valence-electron chi connectivity index (χ3n) is 2.51.